The van der Waals surface area contributed by atoms with E-state index in [1.165, 1.54) is 5.56 Å². The summed E-state index contributed by atoms with van der Waals surface area (Å²) in [4.78, 5) is 4.37. The van der Waals surface area contributed by atoms with Crippen molar-refractivity contribution in [1.29, 1.82) is 0 Å². The van der Waals surface area contributed by atoms with Crippen LogP contribution in [0.1, 0.15) is 25.0 Å². The van der Waals surface area contributed by atoms with Crippen molar-refractivity contribution in [2.45, 2.75) is 33.9 Å². The van der Waals surface area contributed by atoms with Crippen LogP contribution in [0.2, 0.25) is 0 Å². The van der Waals surface area contributed by atoms with Crippen LogP contribution < -0.4 is 10.1 Å². The lowest BCUT2D eigenvalue weighted by Crippen LogP contribution is -2.10. The molecule has 1 aromatic carbocycles. The molecule has 0 saturated heterocycles. The van der Waals surface area contributed by atoms with Gasteiger partial charge in [0, 0.05) is 25.5 Å². The molecule has 1 heterocycles. The molecule has 20 heavy (non-hydrogen) atoms. The van der Waals surface area contributed by atoms with Gasteiger partial charge < -0.3 is 14.6 Å². The molecule has 4 heteroatoms. The van der Waals surface area contributed by atoms with Gasteiger partial charge in [0.1, 0.15) is 5.75 Å². The van der Waals surface area contributed by atoms with Crippen LogP contribution in [0.15, 0.2) is 30.6 Å². The van der Waals surface area contributed by atoms with Gasteiger partial charge >= 0.3 is 0 Å². The number of nitrogens with one attached hydrogen (secondary N) is 1. The van der Waals surface area contributed by atoms with Gasteiger partial charge in [0.15, 0.2) is 0 Å². The Hall–Kier alpha value is -1.97. The minimum atomic E-state index is 0.601. The predicted molar refractivity (Wildman–Crippen MR) is 82.1 cm³/mol. The Balaban J connectivity index is 2.03. The predicted octanol–water partition coefficient (Wildman–Crippen LogP) is 3.47. The Bertz CT molecular complexity index is 561. The summed E-state index contributed by atoms with van der Waals surface area (Å²) >= 11 is 0. The van der Waals surface area contributed by atoms with E-state index in [9.17, 15) is 0 Å². The van der Waals surface area contributed by atoms with Gasteiger partial charge in [-0.05, 0) is 30.0 Å². The normalized spacial score (nSPS) is 10.8. The molecule has 0 aliphatic rings. The first kappa shape index (κ1) is 14.4. The molecule has 0 bridgehead atoms. The first-order chi connectivity index (χ1) is 9.60. The van der Waals surface area contributed by atoms with Crippen molar-refractivity contribution in [3.63, 3.8) is 0 Å². The number of rotatable bonds is 6. The lowest BCUT2D eigenvalue weighted by molar-refractivity contribution is 0.411. The van der Waals surface area contributed by atoms with Gasteiger partial charge in [-0.3, -0.25) is 0 Å². The van der Waals surface area contributed by atoms with Crippen molar-refractivity contribution in [2.24, 2.45) is 5.92 Å². The third-order valence-electron chi connectivity index (χ3n) is 3.20. The molecule has 0 saturated carbocycles. The maximum atomic E-state index is 5.35. The summed E-state index contributed by atoms with van der Waals surface area (Å²) in [6.07, 6.45) is 3.85. The van der Waals surface area contributed by atoms with Gasteiger partial charge in [0.2, 0.25) is 5.95 Å². The van der Waals surface area contributed by atoms with Gasteiger partial charge in [-0.25, -0.2) is 4.98 Å². The van der Waals surface area contributed by atoms with Crippen LogP contribution >= 0.6 is 0 Å². The quantitative estimate of drug-likeness (QED) is 0.876. The summed E-state index contributed by atoms with van der Waals surface area (Å²) in [6.45, 7) is 8.17. The van der Waals surface area contributed by atoms with Crippen molar-refractivity contribution >= 4 is 5.95 Å². The van der Waals surface area contributed by atoms with E-state index in [1.807, 2.05) is 19.3 Å². The summed E-state index contributed by atoms with van der Waals surface area (Å²) in [5, 5.41) is 3.38. The van der Waals surface area contributed by atoms with Gasteiger partial charge in [-0.15, -0.1) is 0 Å². The smallest absolute Gasteiger partial charge is 0.203 e. The minimum absolute atomic E-state index is 0.601. The van der Waals surface area contributed by atoms with Crippen LogP contribution in [0, 0.1) is 12.8 Å². The maximum absolute atomic E-state index is 5.35. The number of benzene rings is 1. The molecular formula is C16H23N3O. The zero-order valence-electron chi connectivity index (χ0n) is 12.7. The number of imidazole rings is 1. The Kier molecular flexibility index (Phi) is 4.66. The number of aryl methyl sites for hydroxylation is 1. The van der Waals surface area contributed by atoms with E-state index < -0.39 is 0 Å². The first-order valence-corrected chi connectivity index (χ1v) is 6.98. The molecule has 0 fully saturated rings. The Morgan fingerprint density at radius 3 is 2.85 bits per heavy atom. The molecule has 0 spiro atoms. The minimum Gasteiger partial charge on any atom is -0.496 e. The van der Waals surface area contributed by atoms with E-state index in [4.69, 9.17) is 4.74 Å². The van der Waals surface area contributed by atoms with E-state index >= 15 is 0 Å². The summed E-state index contributed by atoms with van der Waals surface area (Å²) in [7, 11) is 1.70. The first-order valence-electron chi connectivity index (χ1n) is 6.98. The lowest BCUT2D eigenvalue weighted by atomic mass is 10.1. The number of hydrogen-bond donors (Lipinski definition) is 1. The van der Waals surface area contributed by atoms with Crippen molar-refractivity contribution in [2.75, 3.05) is 12.4 Å². The average Bonchev–Trinajstić information content (AvgIpc) is 2.84. The molecule has 0 radical (unpaired) electrons. The van der Waals surface area contributed by atoms with Gasteiger partial charge in [0.05, 0.1) is 7.11 Å². The molecule has 0 aliphatic heterocycles. The highest BCUT2D eigenvalue weighted by atomic mass is 16.5. The largest absolute Gasteiger partial charge is 0.496 e. The van der Waals surface area contributed by atoms with Crippen LogP contribution in [0.4, 0.5) is 5.95 Å². The van der Waals surface area contributed by atoms with E-state index in [0.29, 0.717) is 5.92 Å². The van der Waals surface area contributed by atoms with E-state index in [2.05, 4.69) is 46.9 Å². The Labute approximate surface area is 120 Å². The van der Waals surface area contributed by atoms with Gasteiger partial charge in [-0.1, -0.05) is 26.0 Å². The number of aromatic nitrogens is 2. The summed E-state index contributed by atoms with van der Waals surface area (Å²) < 4.78 is 7.50. The molecule has 0 atom stereocenters. The highest BCUT2D eigenvalue weighted by molar-refractivity contribution is 5.38. The topological polar surface area (TPSA) is 39.1 Å². The molecule has 0 amide bonds. The molecule has 4 nitrogen and oxygen atoms in total. The second-order valence-corrected chi connectivity index (χ2v) is 5.45. The van der Waals surface area contributed by atoms with Gasteiger partial charge in [0.25, 0.3) is 0 Å². The van der Waals surface area contributed by atoms with Gasteiger partial charge in [-0.2, -0.15) is 0 Å². The van der Waals surface area contributed by atoms with Crippen molar-refractivity contribution in [3.05, 3.63) is 41.7 Å². The monoisotopic (exact) mass is 273 g/mol. The third kappa shape index (κ3) is 3.53. The van der Waals surface area contributed by atoms with Crippen LogP contribution in [0.25, 0.3) is 0 Å². The highest BCUT2D eigenvalue weighted by Gasteiger charge is 2.05. The van der Waals surface area contributed by atoms with E-state index in [0.717, 1.165) is 30.4 Å². The zero-order valence-corrected chi connectivity index (χ0v) is 12.7. The van der Waals surface area contributed by atoms with Crippen molar-refractivity contribution < 1.29 is 4.74 Å². The van der Waals surface area contributed by atoms with Crippen LogP contribution in [-0.4, -0.2) is 16.7 Å². The van der Waals surface area contributed by atoms with E-state index in [1.54, 1.807) is 7.11 Å². The fourth-order valence-electron chi connectivity index (χ4n) is 2.17. The molecule has 108 valence electrons. The molecular weight excluding hydrogens is 250 g/mol. The maximum Gasteiger partial charge on any atom is 0.203 e. The fraction of sp³-hybridized carbons (Fsp3) is 0.438. The fourth-order valence-corrected chi connectivity index (χ4v) is 2.17. The molecule has 2 aromatic rings. The lowest BCUT2D eigenvalue weighted by Gasteiger charge is -2.12. The molecule has 0 aliphatic carbocycles. The van der Waals surface area contributed by atoms with E-state index in [-0.39, 0.29) is 0 Å². The Morgan fingerprint density at radius 2 is 2.15 bits per heavy atom. The molecule has 2 rings (SSSR count). The van der Waals surface area contributed by atoms with Crippen LogP contribution in [0.5, 0.6) is 5.75 Å². The number of hydrogen-bond acceptors (Lipinski definition) is 3. The van der Waals surface area contributed by atoms with Crippen LogP contribution in [-0.2, 0) is 13.1 Å². The highest BCUT2D eigenvalue weighted by Crippen LogP contribution is 2.19. The SMILES string of the molecule is COc1cc(CNc2nccn2CC(C)C)ccc1C. The number of ether oxygens (including phenoxy) is 1. The second kappa shape index (κ2) is 6.46. The zero-order chi connectivity index (χ0) is 14.5. The Morgan fingerprint density at radius 1 is 1.35 bits per heavy atom. The number of anilines is 1. The van der Waals surface area contributed by atoms with Crippen molar-refractivity contribution in [3.8, 4) is 5.75 Å². The molecule has 1 aromatic heterocycles. The average molecular weight is 273 g/mol. The molecule has 1 N–H and O–H groups in total. The standard InChI is InChI=1S/C16H23N3O/c1-12(2)11-19-8-7-17-16(19)18-10-14-6-5-13(3)15(9-14)20-4/h5-9,12H,10-11H2,1-4H3,(H,17,18). The summed E-state index contributed by atoms with van der Waals surface area (Å²) in [5.41, 5.74) is 2.34. The molecule has 0 unspecified atom stereocenters. The number of nitrogens with zero attached hydrogens (tertiary/aromatic N) is 2. The number of methoxy groups -OCH3 is 1. The third-order valence-corrected chi connectivity index (χ3v) is 3.20. The summed E-state index contributed by atoms with van der Waals surface area (Å²) in [6, 6.07) is 6.26. The summed E-state index contributed by atoms with van der Waals surface area (Å²) in [5.74, 6) is 2.44. The van der Waals surface area contributed by atoms with Crippen molar-refractivity contribution in [1.82, 2.24) is 9.55 Å². The second-order valence-electron chi connectivity index (χ2n) is 5.45. The van der Waals surface area contributed by atoms with Crippen LogP contribution in [0.3, 0.4) is 0 Å².